The van der Waals surface area contributed by atoms with E-state index in [0.29, 0.717) is 23.4 Å². The Morgan fingerprint density at radius 2 is 1.78 bits per heavy atom. The predicted octanol–water partition coefficient (Wildman–Crippen LogP) is 3.11. The molecule has 0 radical (unpaired) electrons. The normalized spacial score (nSPS) is 16.4. The molecule has 0 bridgehead atoms. The van der Waals surface area contributed by atoms with Gasteiger partial charge in [-0.15, -0.1) is 0 Å². The lowest BCUT2D eigenvalue weighted by Gasteiger charge is -2.28. The summed E-state index contributed by atoms with van der Waals surface area (Å²) in [6.07, 6.45) is 0.631. The number of methoxy groups -OCH3 is 1. The highest BCUT2D eigenvalue weighted by atomic mass is 16.5. The van der Waals surface area contributed by atoms with Gasteiger partial charge in [-0.1, -0.05) is 42.5 Å². The van der Waals surface area contributed by atoms with E-state index in [-0.39, 0.29) is 12.6 Å². The zero-order chi connectivity index (χ0) is 19.2. The second kappa shape index (κ2) is 8.40. The number of ether oxygens (including phenoxy) is 2. The van der Waals surface area contributed by atoms with Gasteiger partial charge in [-0.25, -0.2) is 9.59 Å². The Morgan fingerprint density at radius 3 is 2.44 bits per heavy atom. The molecule has 0 aromatic heterocycles. The molecular weight excluding hydrogens is 344 g/mol. The van der Waals surface area contributed by atoms with Crippen molar-refractivity contribution in [3.05, 3.63) is 77.0 Å². The van der Waals surface area contributed by atoms with E-state index in [1.165, 1.54) is 0 Å². The lowest BCUT2D eigenvalue weighted by Crippen LogP contribution is -2.45. The molecule has 2 N–H and O–H groups in total. The number of urea groups is 1. The number of carbonyl (C=O) groups is 2. The van der Waals surface area contributed by atoms with Crippen LogP contribution in [0.3, 0.4) is 0 Å². The molecule has 0 aliphatic carbocycles. The van der Waals surface area contributed by atoms with E-state index < -0.39 is 12.0 Å². The first-order chi connectivity index (χ1) is 13.1. The Kier molecular flexibility index (Phi) is 5.76. The number of hydrogen-bond acceptors (Lipinski definition) is 4. The monoisotopic (exact) mass is 366 g/mol. The van der Waals surface area contributed by atoms with E-state index in [1.807, 2.05) is 42.5 Å². The first-order valence-electron chi connectivity index (χ1n) is 8.72. The van der Waals surface area contributed by atoms with Crippen molar-refractivity contribution in [3.8, 4) is 5.75 Å². The molecule has 1 unspecified atom stereocenters. The highest BCUT2D eigenvalue weighted by Gasteiger charge is 2.32. The van der Waals surface area contributed by atoms with Gasteiger partial charge >= 0.3 is 12.0 Å². The third-order valence-electron chi connectivity index (χ3n) is 4.40. The van der Waals surface area contributed by atoms with Crippen molar-refractivity contribution >= 4 is 12.0 Å². The van der Waals surface area contributed by atoms with E-state index in [2.05, 4.69) is 10.6 Å². The van der Waals surface area contributed by atoms with Gasteiger partial charge in [0.05, 0.1) is 25.3 Å². The smallest absolute Gasteiger partial charge is 0.338 e. The van der Waals surface area contributed by atoms with E-state index in [4.69, 9.17) is 9.47 Å². The topological polar surface area (TPSA) is 76.7 Å². The van der Waals surface area contributed by atoms with Crippen LogP contribution in [0, 0.1) is 0 Å². The second-order valence-corrected chi connectivity index (χ2v) is 6.21. The summed E-state index contributed by atoms with van der Waals surface area (Å²) in [4.78, 5) is 24.6. The van der Waals surface area contributed by atoms with Gasteiger partial charge in [-0.05, 0) is 30.2 Å². The molecule has 0 saturated carbocycles. The Labute approximate surface area is 158 Å². The molecule has 2 aromatic rings. The van der Waals surface area contributed by atoms with E-state index in [0.717, 1.165) is 11.1 Å². The summed E-state index contributed by atoms with van der Waals surface area (Å²) in [5.74, 6) is 0.253. The molecule has 1 heterocycles. The number of esters is 1. The zero-order valence-corrected chi connectivity index (χ0v) is 15.3. The maximum Gasteiger partial charge on any atom is 0.338 e. The summed E-state index contributed by atoms with van der Waals surface area (Å²) in [5.41, 5.74) is 2.76. The number of carbonyl (C=O) groups excluding carboxylic acids is 2. The van der Waals surface area contributed by atoms with Crippen LogP contribution in [0.15, 0.2) is 65.9 Å². The van der Waals surface area contributed by atoms with Crippen LogP contribution in [-0.2, 0) is 16.0 Å². The summed E-state index contributed by atoms with van der Waals surface area (Å²) < 4.78 is 10.6. The molecule has 6 nitrogen and oxygen atoms in total. The molecule has 1 atom stereocenters. The minimum Gasteiger partial charge on any atom is -0.497 e. The third kappa shape index (κ3) is 4.47. The number of rotatable bonds is 6. The molecule has 6 heteroatoms. The van der Waals surface area contributed by atoms with E-state index in [9.17, 15) is 9.59 Å². The van der Waals surface area contributed by atoms with Crippen LogP contribution in [0.2, 0.25) is 0 Å². The Bertz CT molecular complexity index is 844. The largest absolute Gasteiger partial charge is 0.497 e. The van der Waals surface area contributed by atoms with Crippen LogP contribution in [0.25, 0.3) is 0 Å². The number of benzene rings is 2. The lowest BCUT2D eigenvalue weighted by atomic mass is 9.95. The van der Waals surface area contributed by atoms with Crippen LogP contribution in [0.4, 0.5) is 4.79 Å². The van der Waals surface area contributed by atoms with Crippen molar-refractivity contribution in [2.24, 2.45) is 0 Å². The van der Waals surface area contributed by atoms with Crippen LogP contribution < -0.4 is 15.4 Å². The molecule has 27 heavy (non-hydrogen) atoms. The van der Waals surface area contributed by atoms with E-state index >= 15 is 0 Å². The van der Waals surface area contributed by atoms with Gasteiger partial charge < -0.3 is 20.1 Å². The lowest BCUT2D eigenvalue weighted by molar-refractivity contribution is -0.139. The quantitative estimate of drug-likeness (QED) is 0.770. The van der Waals surface area contributed by atoms with Crippen molar-refractivity contribution in [2.75, 3.05) is 13.7 Å². The minimum absolute atomic E-state index is 0.267. The van der Waals surface area contributed by atoms with E-state index in [1.54, 1.807) is 26.2 Å². The van der Waals surface area contributed by atoms with Crippen molar-refractivity contribution < 1.29 is 19.1 Å². The fraction of sp³-hybridized carbons (Fsp3) is 0.238. The molecule has 140 valence electrons. The summed E-state index contributed by atoms with van der Waals surface area (Å²) in [6, 6.07) is 16.1. The molecule has 1 aliphatic heterocycles. The minimum atomic E-state index is -0.575. The predicted molar refractivity (Wildman–Crippen MR) is 101 cm³/mol. The fourth-order valence-electron chi connectivity index (χ4n) is 2.99. The molecule has 0 saturated heterocycles. The Balaban J connectivity index is 1.75. The van der Waals surface area contributed by atoms with Gasteiger partial charge in [0, 0.05) is 12.1 Å². The van der Waals surface area contributed by atoms with Gasteiger partial charge in [0.2, 0.25) is 0 Å². The molecule has 0 fully saturated rings. The molecule has 2 aromatic carbocycles. The average Bonchev–Trinajstić information content (AvgIpc) is 2.68. The van der Waals surface area contributed by atoms with Crippen molar-refractivity contribution in [1.82, 2.24) is 10.6 Å². The Morgan fingerprint density at radius 1 is 1.07 bits per heavy atom. The molecule has 3 rings (SSSR count). The number of amides is 2. The van der Waals surface area contributed by atoms with Crippen LogP contribution in [-0.4, -0.2) is 25.7 Å². The first-order valence-corrected chi connectivity index (χ1v) is 8.72. The molecule has 2 amide bonds. The highest BCUT2D eigenvalue weighted by molar-refractivity contribution is 5.95. The van der Waals surface area contributed by atoms with Crippen LogP contribution in [0.5, 0.6) is 5.75 Å². The molecule has 1 aliphatic rings. The fourth-order valence-corrected chi connectivity index (χ4v) is 2.99. The van der Waals surface area contributed by atoms with Crippen molar-refractivity contribution in [2.45, 2.75) is 19.4 Å². The second-order valence-electron chi connectivity index (χ2n) is 6.21. The maximum absolute atomic E-state index is 12.7. The van der Waals surface area contributed by atoms with Crippen molar-refractivity contribution in [1.29, 1.82) is 0 Å². The summed E-state index contributed by atoms with van der Waals surface area (Å²) in [5, 5.41) is 5.43. The zero-order valence-electron chi connectivity index (χ0n) is 15.3. The maximum atomic E-state index is 12.7. The highest BCUT2D eigenvalue weighted by Crippen LogP contribution is 2.28. The third-order valence-corrected chi connectivity index (χ3v) is 4.40. The number of nitrogens with one attached hydrogen (secondary N) is 2. The van der Waals surface area contributed by atoms with Gasteiger partial charge in [0.25, 0.3) is 0 Å². The van der Waals surface area contributed by atoms with Gasteiger partial charge in [0.15, 0.2) is 0 Å². The standard InChI is InChI=1S/C21H22N2O4/c1-14-18(20(24)27-13-12-15-6-4-3-5-7-15)19(23-21(25)22-14)16-8-10-17(26-2)11-9-16/h3-11,19H,12-13H2,1-2H3,(H2,22,23,25). The summed E-state index contributed by atoms with van der Waals surface area (Å²) in [6.45, 7) is 1.96. The Hall–Kier alpha value is -3.28. The summed E-state index contributed by atoms with van der Waals surface area (Å²) in [7, 11) is 1.58. The SMILES string of the molecule is COc1ccc(C2NC(=O)NC(C)=C2C(=O)OCCc2ccccc2)cc1. The van der Waals surface area contributed by atoms with Crippen LogP contribution in [0.1, 0.15) is 24.1 Å². The van der Waals surface area contributed by atoms with Gasteiger partial charge in [0.1, 0.15) is 5.75 Å². The van der Waals surface area contributed by atoms with Gasteiger partial charge in [-0.2, -0.15) is 0 Å². The summed E-state index contributed by atoms with van der Waals surface area (Å²) >= 11 is 0. The van der Waals surface area contributed by atoms with Gasteiger partial charge in [-0.3, -0.25) is 0 Å². The van der Waals surface area contributed by atoms with Crippen molar-refractivity contribution in [3.63, 3.8) is 0 Å². The van der Waals surface area contributed by atoms with Crippen LogP contribution >= 0.6 is 0 Å². The number of hydrogen-bond donors (Lipinski definition) is 2. The average molecular weight is 366 g/mol. The first kappa shape index (κ1) is 18.5. The molecule has 0 spiro atoms. The number of allylic oxidation sites excluding steroid dienone is 1. The molecular formula is C21H22N2O4.